The molecule has 1 N–H and O–H groups in total. The van der Waals surface area contributed by atoms with E-state index in [1.54, 1.807) is 44.2 Å². The predicted molar refractivity (Wildman–Crippen MR) is 73.4 cm³/mol. The third-order valence-electron chi connectivity index (χ3n) is 3.16. The molecule has 1 amide bonds. The molecule has 2 aromatic rings. The summed E-state index contributed by atoms with van der Waals surface area (Å²) >= 11 is 0. The van der Waals surface area contributed by atoms with Gasteiger partial charge in [0, 0.05) is 5.56 Å². The number of amides is 1. The van der Waals surface area contributed by atoms with Gasteiger partial charge >= 0.3 is 0 Å². The summed E-state index contributed by atoms with van der Waals surface area (Å²) in [6.07, 6.45) is 0. The van der Waals surface area contributed by atoms with Gasteiger partial charge in [-0.25, -0.2) is 8.78 Å². The predicted octanol–water partition coefficient (Wildman–Crippen LogP) is 3.76. The maximum Gasteiger partial charge on any atom is 0.254 e. The highest BCUT2D eigenvalue weighted by Gasteiger charge is 2.17. The lowest BCUT2D eigenvalue weighted by molar-refractivity contribution is 0.0935. The molecule has 1 unspecified atom stereocenters. The molecule has 2 nitrogen and oxygen atoms in total. The fraction of sp³-hybridized carbons (Fsp3) is 0.188. The van der Waals surface area contributed by atoms with Crippen molar-refractivity contribution in [1.82, 2.24) is 5.32 Å². The van der Waals surface area contributed by atoms with E-state index < -0.39 is 23.6 Å². The first-order valence-corrected chi connectivity index (χ1v) is 6.31. The van der Waals surface area contributed by atoms with Crippen molar-refractivity contribution in [3.63, 3.8) is 0 Å². The van der Waals surface area contributed by atoms with Crippen LogP contribution in [-0.4, -0.2) is 5.91 Å². The Kier molecular flexibility index (Phi) is 4.13. The molecule has 1 atom stereocenters. The fourth-order valence-corrected chi connectivity index (χ4v) is 2.00. The molecular formula is C16H15F2NO. The zero-order chi connectivity index (χ0) is 14.7. The van der Waals surface area contributed by atoms with Crippen LogP contribution in [0.4, 0.5) is 8.78 Å². The van der Waals surface area contributed by atoms with Crippen LogP contribution < -0.4 is 5.32 Å². The summed E-state index contributed by atoms with van der Waals surface area (Å²) in [5.74, 6) is -1.50. The zero-order valence-electron chi connectivity index (χ0n) is 11.3. The second kappa shape index (κ2) is 5.82. The quantitative estimate of drug-likeness (QED) is 0.907. The molecule has 20 heavy (non-hydrogen) atoms. The summed E-state index contributed by atoms with van der Waals surface area (Å²) in [6, 6.07) is 10.3. The van der Waals surface area contributed by atoms with Crippen molar-refractivity contribution in [2.24, 2.45) is 0 Å². The van der Waals surface area contributed by atoms with Gasteiger partial charge in [-0.15, -0.1) is 0 Å². The Morgan fingerprint density at radius 3 is 2.50 bits per heavy atom. The second-order valence-electron chi connectivity index (χ2n) is 4.65. The fourth-order valence-electron chi connectivity index (χ4n) is 2.00. The van der Waals surface area contributed by atoms with E-state index in [-0.39, 0.29) is 5.56 Å². The van der Waals surface area contributed by atoms with Crippen molar-refractivity contribution < 1.29 is 13.6 Å². The molecule has 0 aliphatic rings. The van der Waals surface area contributed by atoms with Gasteiger partial charge in [0.05, 0.1) is 11.6 Å². The number of carbonyl (C=O) groups is 1. The van der Waals surface area contributed by atoms with Crippen molar-refractivity contribution in [2.45, 2.75) is 19.9 Å². The SMILES string of the molecule is Cc1cccc(C(=O)NC(C)c2ccccc2F)c1F. The minimum Gasteiger partial charge on any atom is -0.345 e. The summed E-state index contributed by atoms with van der Waals surface area (Å²) in [5, 5.41) is 2.60. The van der Waals surface area contributed by atoms with Crippen molar-refractivity contribution in [1.29, 1.82) is 0 Å². The summed E-state index contributed by atoms with van der Waals surface area (Å²) in [7, 11) is 0. The molecule has 0 aliphatic heterocycles. The van der Waals surface area contributed by atoms with Crippen LogP contribution in [0.5, 0.6) is 0 Å². The van der Waals surface area contributed by atoms with Gasteiger partial charge in [0.25, 0.3) is 5.91 Å². The Labute approximate surface area is 116 Å². The summed E-state index contributed by atoms with van der Waals surface area (Å²) < 4.78 is 27.5. The molecule has 0 saturated carbocycles. The lowest BCUT2D eigenvalue weighted by atomic mass is 10.1. The standard InChI is InChI=1S/C16H15F2NO/c1-10-6-5-8-13(15(10)18)16(20)19-11(2)12-7-3-4-9-14(12)17/h3-9,11H,1-2H3,(H,19,20). The topological polar surface area (TPSA) is 29.1 Å². The van der Waals surface area contributed by atoms with Crippen molar-refractivity contribution in [3.8, 4) is 0 Å². The normalized spacial score (nSPS) is 12.0. The van der Waals surface area contributed by atoms with Gasteiger partial charge in [0.15, 0.2) is 0 Å². The van der Waals surface area contributed by atoms with Crippen LogP contribution in [0.3, 0.4) is 0 Å². The average Bonchev–Trinajstić information content (AvgIpc) is 2.42. The van der Waals surface area contributed by atoms with E-state index >= 15 is 0 Å². The molecule has 0 radical (unpaired) electrons. The molecule has 2 aromatic carbocycles. The van der Waals surface area contributed by atoms with Gasteiger partial charge in [-0.2, -0.15) is 0 Å². The van der Waals surface area contributed by atoms with Crippen molar-refractivity contribution in [2.75, 3.05) is 0 Å². The number of hydrogen-bond donors (Lipinski definition) is 1. The minimum absolute atomic E-state index is 0.0341. The average molecular weight is 275 g/mol. The van der Waals surface area contributed by atoms with Crippen LogP contribution in [0.25, 0.3) is 0 Å². The smallest absolute Gasteiger partial charge is 0.254 e. The Balaban J connectivity index is 2.20. The Morgan fingerprint density at radius 2 is 1.80 bits per heavy atom. The number of nitrogens with one attached hydrogen (secondary N) is 1. The highest BCUT2D eigenvalue weighted by Crippen LogP contribution is 2.18. The van der Waals surface area contributed by atoms with Crippen LogP contribution in [0.2, 0.25) is 0 Å². The second-order valence-corrected chi connectivity index (χ2v) is 4.65. The van der Waals surface area contributed by atoms with Gasteiger partial charge < -0.3 is 5.32 Å². The lowest BCUT2D eigenvalue weighted by Gasteiger charge is -2.15. The molecule has 0 aromatic heterocycles. The first kappa shape index (κ1) is 14.2. The molecule has 2 rings (SSSR count). The van der Waals surface area contributed by atoms with Crippen LogP contribution >= 0.6 is 0 Å². The summed E-state index contributed by atoms with van der Waals surface area (Å²) in [4.78, 5) is 12.0. The summed E-state index contributed by atoms with van der Waals surface area (Å²) in [6.45, 7) is 3.25. The van der Waals surface area contributed by atoms with E-state index in [0.29, 0.717) is 11.1 Å². The van der Waals surface area contributed by atoms with Gasteiger partial charge in [0.2, 0.25) is 0 Å². The van der Waals surface area contributed by atoms with E-state index in [0.717, 1.165) is 0 Å². The van der Waals surface area contributed by atoms with Crippen LogP contribution in [0.15, 0.2) is 42.5 Å². The number of rotatable bonds is 3. The molecule has 0 saturated heterocycles. The molecule has 0 heterocycles. The number of aryl methyl sites for hydroxylation is 1. The zero-order valence-corrected chi connectivity index (χ0v) is 11.3. The molecule has 0 fully saturated rings. The largest absolute Gasteiger partial charge is 0.345 e. The Hall–Kier alpha value is -2.23. The van der Waals surface area contributed by atoms with E-state index in [1.165, 1.54) is 12.1 Å². The Morgan fingerprint density at radius 1 is 1.10 bits per heavy atom. The first-order chi connectivity index (χ1) is 9.50. The van der Waals surface area contributed by atoms with E-state index in [9.17, 15) is 13.6 Å². The van der Waals surface area contributed by atoms with Gasteiger partial charge in [-0.05, 0) is 31.5 Å². The highest BCUT2D eigenvalue weighted by molar-refractivity contribution is 5.94. The minimum atomic E-state index is -0.554. The van der Waals surface area contributed by atoms with E-state index in [1.807, 2.05) is 0 Å². The van der Waals surface area contributed by atoms with E-state index in [2.05, 4.69) is 5.32 Å². The van der Waals surface area contributed by atoms with Gasteiger partial charge in [-0.3, -0.25) is 4.79 Å². The van der Waals surface area contributed by atoms with Crippen molar-refractivity contribution in [3.05, 3.63) is 70.8 Å². The number of carbonyl (C=O) groups excluding carboxylic acids is 1. The van der Waals surface area contributed by atoms with Crippen molar-refractivity contribution >= 4 is 5.91 Å². The first-order valence-electron chi connectivity index (χ1n) is 6.31. The molecule has 104 valence electrons. The van der Waals surface area contributed by atoms with Gasteiger partial charge in [-0.1, -0.05) is 30.3 Å². The third-order valence-corrected chi connectivity index (χ3v) is 3.16. The Bertz CT molecular complexity index is 640. The highest BCUT2D eigenvalue weighted by atomic mass is 19.1. The van der Waals surface area contributed by atoms with Gasteiger partial charge in [0.1, 0.15) is 11.6 Å². The lowest BCUT2D eigenvalue weighted by Crippen LogP contribution is -2.28. The molecular weight excluding hydrogens is 260 g/mol. The monoisotopic (exact) mass is 275 g/mol. The number of halogens is 2. The molecule has 0 aliphatic carbocycles. The maximum atomic E-state index is 13.8. The van der Waals surface area contributed by atoms with Crippen LogP contribution in [0.1, 0.15) is 34.5 Å². The number of benzene rings is 2. The maximum absolute atomic E-state index is 13.8. The van der Waals surface area contributed by atoms with E-state index in [4.69, 9.17) is 0 Å². The number of hydrogen-bond acceptors (Lipinski definition) is 1. The van der Waals surface area contributed by atoms with Crippen LogP contribution in [0, 0.1) is 18.6 Å². The molecule has 0 bridgehead atoms. The molecule has 0 spiro atoms. The summed E-state index contributed by atoms with van der Waals surface area (Å²) in [5.41, 5.74) is 0.735. The van der Waals surface area contributed by atoms with Crippen LogP contribution in [-0.2, 0) is 0 Å². The third kappa shape index (κ3) is 2.85. The molecule has 4 heteroatoms.